The van der Waals surface area contributed by atoms with Crippen LogP contribution in [0.5, 0.6) is 11.5 Å². The van der Waals surface area contributed by atoms with Gasteiger partial charge >= 0.3 is 0 Å². The molecule has 0 bridgehead atoms. The van der Waals surface area contributed by atoms with E-state index < -0.39 is 6.04 Å². The second-order valence-corrected chi connectivity index (χ2v) is 7.18. The minimum atomic E-state index is -0.573. The number of hydrogen-bond acceptors (Lipinski definition) is 4. The first-order valence-corrected chi connectivity index (χ1v) is 9.76. The third-order valence-corrected chi connectivity index (χ3v) is 4.63. The van der Waals surface area contributed by atoms with Crippen molar-refractivity contribution in [3.63, 3.8) is 0 Å². The number of methoxy groups -OCH3 is 2. The largest absolute Gasteiger partial charge is 0.493 e. The Balaban J connectivity index is 1.88. The van der Waals surface area contributed by atoms with Gasteiger partial charge in [0.1, 0.15) is 6.04 Å². The van der Waals surface area contributed by atoms with Gasteiger partial charge < -0.3 is 20.1 Å². The van der Waals surface area contributed by atoms with Gasteiger partial charge in [-0.2, -0.15) is 0 Å². The van der Waals surface area contributed by atoms with E-state index in [1.165, 1.54) is 0 Å². The van der Waals surface area contributed by atoms with Gasteiger partial charge in [0.15, 0.2) is 11.5 Å². The van der Waals surface area contributed by atoms with Crippen molar-refractivity contribution in [3.05, 3.63) is 59.7 Å². The molecule has 2 N–H and O–H groups in total. The molecule has 0 heterocycles. The Kier molecular flexibility index (Phi) is 8.52. The Morgan fingerprint density at radius 3 is 2.24 bits per heavy atom. The van der Waals surface area contributed by atoms with Gasteiger partial charge in [-0.1, -0.05) is 50.2 Å². The summed E-state index contributed by atoms with van der Waals surface area (Å²) in [6.45, 7) is 4.30. The van der Waals surface area contributed by atoms with E-state index in [9.17, 15) is 9.59 Å². The minimum absolute atomic E-state index is 0.0178. The molecule has 2 amide bonds. The Bertz CT molecular complexity index is 806. The molecule has 1 atom stereocenters. The van der Waals surface area contributed by atoms with Gasteiger partial charge in [0.2, 0.25) is 11.8 Å². The molecule has 0 aliphatic carbocycles. The molecular weight excluding hydrogens is 368 g/mol. The van der Waals surface area contributed by atoms with Gasteiger partial charge in [-0.3, -0.25) is 9.59 Å². The zero-order chi connectivity index (χ0) is 21.2. The van der Waals surface area contributed by atoms with Crippen molar-refractivity contribution >= 4 is 11.8 Å². The van der Waals surface area contributed by atoms with E-state index in [1.807, 2.05) is 62.4 Å². The predicted octanol–water partition coefficient (Wildman–Crippen LogP) is 2.75. The second-order valence-electron chi connectivity index (χ2n) is 7.18. The van der Waals surface area contributed by atoms with Gasteiger partial charge in [-0.05, 0) is 35.6 Å². The Morgan fingerprint density at radius 1 is 0.931 bits per heavy atom. The lowest BCUT2D eigenvalue weighted by atomic mass is 10.0. The predicted molar refractivity (Wildman–Crippen MR) is 113 cm³/mol. The molecule has 2 aromatic carbocycles. The third kappa shape index (κ3) is 6.82. The molecule has 0 aliphatic rings. The summed E-state index contributed by atoms with van der Waals surface area (Å²) in [7, 11) is 3.19. The monoisotopic (exact) mass is 398 g/mol. The molecule has 0 spiro atoms. The lowest BCUT2D eigenvalue weighted by Crippen LogP contribution is -2.50. The van der Waals surface area contributed by atoms with Crippen LogP contribution in [0.1, 0.15) is 25.0 Å². The molecule has 0 aliphatic heterocycles. The van der Waals surface area contributed by atoms with E-state index in [0.29, 0.717) is 24.5 Å². The van der Waals surface area contributed by atoms with Crippen LogP contribution in [0.2, 0.25) is 0 Å². The van der Waals surface area contributed by atoms with Gasteiger partial charge in [-0.15, -0.1) is 0 Å². The molecular formula is C23H30N2O4. The molecule has 0 aromatic heterocycles. The standard InChI is InChI=1S/C23H30N2O4/c1-16(2)22(25-21(26)15-17-8-6-5-7-9-17)23(27)24-13-12-18-10-11-19(28-3)20(14-18)29-4/h5-11,14,16,22H,12-13,15H2,1-4H3,(H,24,27)(H,25,26)/t22-/m0/s1. The minimum Gasteiger partial charge on any atom is -0.493 e. The zero-order valence-corrected chi connectivity index (χ0v) is 17.5. The zero-order valence-electron chi connectivity index (χ0n) is 17.5. The number of ether oxygens (including phenoxy) is 2. The first-order valence-electron chi connectivity index (χ1n) is 9.76. The fourth-order valence-corrected chi connectivity index (χ4v) is 3.02. The summed E-state index contributed by atoms with van der Waals surface area (Å²) in [4.78, 5) is 25.0. The summed E-state index contributed by atoms with van der Waals surface area (Å²) in [5.74, 6) is 0.966. The van der Waals surface area contributed by atoms with Crippen LogP contribution in [0.4, 0.5) is 0 Å². The number of benzene rings is 2. The molecule has 0 saturated heterocycles. The maximum Gasteiger partial charge on any atom is 0.242 e. The van der Waals surface area contributed by atoms with E-state index in [0.717, 1.165) is 11.1 Å². The average Bonchev–Trinajstić information content (AvgIpc) is 2.72. The second kappa shape index (κ2) is 11.1. The smallest absolute Gasteiger partial charge is 0.242 e. The van der Waals surface area contributed by atoms with Crippen molar-refractivity contribution in [3.8, 4) is 11.5 Å². The highest BCUT2D eigenvalue weighted by Gasteiger charge is 2.23. The summed E-state index contributed by atoms with van der Waals surface area (Å²) >= 11 is 0. The van der Waals surface area contributed by atoms with Gasteiger partial charge in [0.25, 0.3) is 0 Å². The van der Waals surface area contributed by atoms with Gasteiger partial charge in [-0.25, -0.2) is 0 Å². The van der Waals surface area contributed by atoms with Crippen molar-refractivity contribution in [2.45, 2.75) is 32.7 Å². The lowest BCUT2D eigenvalue weighted by molar-refractivity contribution is -0.129. The van der Waals surface area contributed by atoms with Crippen LogP contribution in [0, 0.1) is 5.92 Å². The highest BCUT2D eigenvalue weighted by atomic mass is 16.5. The summed E-state index contributed by atoms with van der Waals surface area (Å²) in [5.41, 5.74) is 1.94. The maximum absolute atomic E-state index is 12.6. The molecule has 2 aromatic rings. The van der Waals surface area contributed by atoms with Crippen molar-refractivity contribution in [2.24, 2.45) is 5.92 Å². The number of hydrogen-bond donors (Lipinski definition) is 2. The molecule has 0 saturated carbocycles. The molecule has 6 nitrogen and oxygen atoms in total. The first-order chi connectivity index (χ1) is 13.9. The third-order valence-electron chi connectivity index (χ3n) is 4.63. The molecule has 6 heteroatoms. The number of rotatable bonds is 10. The van der Waals surface area contributed by atoms with Crippen LogP contribution in [0.25, 0.3) is 0 Å². The van der Waals surface area contributed by atoms with E-state index in [1.54, 1.807) is 14.2 Å². The summed E-state index contributed by atoms with van der Waals surface area (Å²) in [6, 6.07) is 14.6. The van der Waals surface area contributed by atoms with Crippen LogP contribution in [0.15, 0.2) is 48.5 Å². The SMILES string of the molecule is COc1ccc(CCNC(=O)[C@@H](NC(=O)Cc2ccccc2)C(C)C)cc1OC. The molecule has 156 valence electrons. The summed E-state index contributed by atoms with van der Waals surface area (Å²) in [6.07, 6.45) is 0.901. The van der Waals surface area contributed by atoms with Crippen molar-refractivity contribution in [1.82, 2.24) is 10.6 Å². The van der Waals surface area contributed by atoms with E-state index in [-0.39, 0.29) is 24.2 Å². The summed E-state index contributed by atoms with van der Waals surface area (Å²) in [5, 5.41) is 5.78. The van der Waals surface area contributed by atoms with Crippen molar-refractivity contribution < 1.29 is 19.1 Å². The number of amides is 2. The van der Waals surface area contributed by atoms with Crippen molar-refractivity contribution in [1.29, 1.82) is 0 Å². The van der Waals surface area contributed by atoms with Gasteiger partial charge in [0, 0.05) is 6.54 Å². The van der Waals surface area contributed by atoms with Crippen LogP contribution in [0.3, 0.4) is 0 Å². The topological polar surface area (TPSA) is 76.7 Å². The summed E-state index contributed by atoms with van der Waals surface area (Å²) < 4.78 is 10.5. The highest BCUT2D eigenvalue weighted by Crippen LogP contribution is 2.27. The van der Waals surface area contributed by atoms with Crippen molar-refractivity contribution in [2.75, 3.05) is 20.8 Å². The maximum atomic E-state index is 12.6. The van der Waals surface area contributed by atoms with Crippen LogP contribution < -0.4 is 20.1 Å². The number of carbonyl (C=O) groups excluding carboxylic acids is 2. The van der Waals surface area contributed by atoms with Crippen LogP contribution >= 0.6 is 0 Å². The van der Waals surface area contributed by atoms with E-state index in [2.05, 4.69) is 10.6 Å². The number of carbonyl (C=O) groups is 2. The normalized spacial score (nSPS) is 11.6. The molecule has 29 heavy (non-hydrogen) atoms. The molecule has 0 fully saturated rings. The fourth-order valence-electron chi connectivity index (χ4n) is 3.02. The Labute approximate surface area is 172 Å². The lowest BCUT2D eigenvalue weighted by Gasteiger charge is -2.22. The van der Waals surface area contributed by atoms with Crippen LogP contribution in [-0.2, 0) is 22.4 Å². The van der Waals surface area contributed by atoms with E-state index >= 15 is 0 Å². The molecule has 0 radical (unpaired) electrons. The molecule has 0 unspecified atom stereocenters. The van der Waals surface area contributed by atoms with Crippen LogP contribution in [-0.4, -0.2) is 38.6 Å². The first kappa shape index (κ1) is 22.3. The Hall–Kier alpha value is -3.02. The van der Waals surface area contributed by atoms with Gasteiger partial charge in [0.05, 0.1) is 20.6 Å². The Morgan fingerprint density at radius 2 is 1.62 bits per heavy atom. The quantitative estimate of drug-likeness (QED) is 0.645. The fraction of sp³-hybridized carbons (Fsp3) is 0.391. The average molecular weight is 399 g/mol. The number of nitrogens with one attached hydrogen (secondary N) is 2. The van der Waals surface area contributed by atoms with E-state index in [4.69, 9.17) is 9.47 Å². The molecule has 2 rings (SSSR count). The highest BCUT2D eigenvalue weighted by molar-refractivity contribution is 5.88.